The van der Waals surface area contributed by atoms with Gasteiger partial charge in [0.05, 0.1) is 0 Å². The first-order chi connectivity index (χ1) is 9.90. The van der Waals surface area contributed by atoms with Crippen LogP contribution in [0.1, 0.15) is 46.0 Å². The van der Waals surface area contributed by atoms with Crippen LogP contribution in [0.5, 0.6) is 5.75 Å². The maximum Gasteiger partial charge on any atom is 0.422 e. The molecule has 1 N–H and O–H groups in total. The third-order valence-electron chi connectivity index (χ3n) is 3.16. The predicted molar refractivity (Wildman–Crippen MR) is 79.8 cm³/mol. The molecule has 0 aliphatic carbocycles. The number of anilines is 1. The second kappa shape index (κ2) is 8.80. The average molecular weight is 303 g/mol. The zero-order valence-corrected chi connectivity index (χ0v) is 12.7. The topological polar surface area (TPSA) is 21.3 Å². The Labute approximate surface area is 124 Å². The lowest BCUT2D eigenvalue weighted by Crippen LogP contribution is -2.19. The maximum absolute atomic E-state index is 12.0. The molecule has 1 aromatic carbocycles. The Balaban J connectivity index is 2.33. The van der Waals surface area contributed by atoms with E-state index in [4.69, 9.17) is 0 Å². The maximum atomic E-state index is 12.0. The monoisotopic (exact) mass is 303 g/mol. The van der Waals surface area contributed by atoms with Crippen molar-refractivity contribution in [3.05, 3.63) is 24.3 Å². The van der Waals surface area contributed by atoms with Gasteiger partial charge < -0.3 is 10.1 Å². The predicted octanol–water partition coefficient (Wildman–Crippen LogP) is 5.40. The fourth-order valence-electron chi connectivity index (χ4n) is 2.05. The first kappa shape index (κ1) is 17.7. The Morgan fingerprint density at radius 1 is 1.10 bits per heavy atom. The minimum Gasteiger partial charge on any atom is -0.484 e. The SMILES string of the molecule is CCCCCCC(C)Nc1ccc(OCC(F)(F)F)cc1. The third-order valence-corrected chi connectivity index (χ3v) is 3.16. The Bertz CT molecular complexity index is 390. The van der Waals surface area contributed by atoms with E-state index in [-0.39, 0.29) is 5.75 Å². The third kappa shape index (κ3) is 8.48. The molecule has 5 heteroatoms. The number of alkyl halides is 3. The fraction of sp³-hybridized carbons (Fsp3) is 0.625. The Morgan fingerprint density at radius 2 is 1.76 bits per heavy atom. The van der Waals surface area contributed by atoms with Crippen molar-refractivity contribution in [1.82, 2.24) is 0 Å². The Morgan fingerprint density at radius 3 is 2.33 bits per heavy atom. The fourth-order valence-corrected chi connectivity index (χ4v) is 2.05. The standard InChI is InChI=1S/C16H24F3NO/c1-3-4-5-6-7-13(2)20-14-8-10-15(11-9-14)21-12-16(17,18)19/h8-11,13,20H,3-7,12H2,1-2H3. The van der Waals surface area contributed by atoms with Crippen LogP contribution in [-0.2, 0) is 0 Å². The summed E-state index contributed by atoms with van der Waals surface area (Å²) in [5.41, 5.74) is 0.900. The highest BCUT2D eigenvalue weighted by Crippen LogP contribution is 2.21. The van der Waals surface area contributed by atoms with E-state index in [0.29, 0.717) is 6.04 Å². The number of nitrogens with one attached hydrogen (secondary N) is 1. The van der Waals surface area contributed by atoms with Crippen molar-refractivity contribution in [2.24, 2.45) is 0 Å². The van der Waals surface area contributed by atoms with Crippen LogP contribution in [0.25, 0.3) is 0 Å². The van der Waals surface area contributed by atoms with Crippen LogP contribution in [-0.4, -0.2) is 18.8 Å². The second-order valence-electron chi connectivity index (χ2n) is 5.32. The van der Waals surface area contributed by atoms with E-state index in [0.717, 1.165) is 12.1 Å². The van der Waals surface area contributed by atoms with E-state index in [1.54, 1.807) is 24.3 Å². The quantitative estimate of drug-likeness (QED) is 0.617. The van der Waals surface area contributed by atoms with Gasteiger partial charge in [-0.1, -0.05) is 32.6 Å². The van der Waals surface area contributed by atoms with E-state index >= 15 is 0 Å². The zero-order chi connectivity index (χ0) is 15.7. The summed E-state index contributed by atoms with van der Waals surface area (Å²) < 4.78 is 40.8. The first-order valence-electron chi connectivity index (χ1n) is 7.47. The molecule has 120 valence electrons. The summed E-state index contributed by atoms with van der Waals surface area (Å²) in [7, 11) is 0. The summed E-state index contributed by atoms with van der Waals surface area (Å²) in [4.78, 5) is 0. The second-order valence-corrected chi connectivity index (χ2v) is 5.32. The van der Waals surface area contributed by atoms with Crippen LogP contribution in [0, 0.1) is 0 Å². The van der Waals surface area contributed by atoms with Gasteiger partial charge >= 0.3 is 6.18 Å². The molecule has 0 saturated heterocycles. The van der Waals surface area contributed by atoms with Crippen LogP contribution in [0.4, 0.5) is 18.9 Å². The summed E-state index contributed by atoms with van der Waals surface area (Å²) in [5.74, 6) is 0.230. The lowest BCUT2D eigenvalue weighted by atomic mass is 10.1. The number of hydrogen-bond acceptors (Lipinski definition) is 2. The molecule has 0 aliphatic rings. The lowest BCUT2D eigenvalue weighted by Gasteiger charge is -2.16. The molecule has 2 nitrogen and oxygen atoms in total. The molecular formula is C16H24F3NO. The van der Waals surface area contributed by atoms with Crippen molar-refractivity contribution in [3.63, 3.8) is 0 Å². The lowest BCUT2D eigenvalue weighted by molar-refractivity contribution is -0.153. The van der Waals surface area contributed by atoms with Gasteiger partial charge in [0.25, 0.3) is 0 Å². The molecule has 0 fully saturated rings. The zero-order valence-electron chi connectivity index (χ0n) is 12.7. The Hall–Kier alpha value is -1.39. The summed E-state index contributed by atoms with van der Waals surface area (Å²) >= 11 is 0. The van der Waals surface area contributed by atoms with Crippen LogP contribution in [0.3, 0.4) is 0 Å². The number of benzene rings is 1. The largest absolute Gasteiger partial charge is 0.484 e. The highest BCUT2D eigenvalue weighted by atomic mass is 19.4. The number of halogens is 3. The van der Waals surface area contributed by atoms with Crippen molar-refractivity contribution >= 4 is 5.69 Å². The molecular weight excluding hydrogens is 279 g/mol. The van der Waals surface area contributed by atoms with Crippen LogP contribution >= 0.6 is 0 Å². The number of hydrogen-bond donors (Lipinski definition) is 1. The molecule has 1 atom stereocenters. The summed E-state index contributed by atoms with van der Waals surface area (Å²) in [6.45, 7) is 3.04. The van der Waals surface area contributed by atoms with Gasteiger partial charge in [-0.2, -0.15) is 13.2 Å². The molecule has 0 bridgehead atoms. The minimum atomic E-state index is -4.30. The molecule has 0 aromatic heterocycles. The minimum absolute atomic E-state index is 0.230. The van der Waals surface area contributed by atoms with Gasteiger partial charge in [0.2, 0.25) is 0 Å². The van der Waals surface area contributed by atoms with E-state index in [9.17, 15) is 13.2 Å². The van der Waals surface area contributed by atoms with Crippen molar-refractivity contribution in [2.45, 2.75) is 58.2 Å². The van der Waals surface area contributed by atoms with Crippen LogP contribution < -0.4 is 10.1 Å². The molecule has 1 rings (SSSR count). The highest BCUT2D eigenvalue weighted by Gasteiger charge is 2.28. The molecule has 0 spiro atoms. The van der Waals surface area contributed by atoms with Crippen molar-refractivity contribution < 1.29 is 17.9 Å². The average Bonchev–Trinajstić information content (AvgIpc) is 2.42. The smallest absolute Gasteiger partial charge is 0.422 e. The normalized spacial score (nSPS) is 13.0. The molecule has 0 radical (unpaired) electrons. The summed E-state index contributed by atoms with van der Waals surface area (Å²) in [5, 5.41) is 3.34. The van der Waals surface area contributed by atoms with Crippen molar-refractivity contribution in [2.75, 3.05) is 11.9 Å². The summed E-state index contributed by atoms with van der Waals surface area (Å²) in [6.07, 6.45) is 1.71. The molecule has 0 amide bonds. The van der Waals surface area contributed by atoms with Crippen LogP contribution in [0.15, 0.2) is 24.3 Å². The van der Waals surface area contributed by atoms with Gasteiger partial charge in [-0.25, -0.2) is 0 Å². The Kier molecular flexibility index (Phi) is 7.40. The number of ether oxygens (including phenoxy) is 1. The van der Waals surface area contributed by atoms with E-state index in [2.05, 4.69) is 23.9 Å². The van der Waals surface area contributed by atoms with Gasteiger partial charge in [0.1, 0.15) is 5.75 Å². The van der Waals surface area contributed by atoms with E-state index < -0.39 is 12.8 Å². The molecule has 0 saturated carbocycles. The van der Waals surface area contributed by atoms with Gasteiger partial charge in [-0.3, -0.25) is 0 Å². The van der Waals surface area contributed by atoms with Crippen molar-refractivity contribution in [1.29, 1.82) is 0 Å². The van der Waals surface area contributed by atoms with Crippen molar-refractivity contribution in [3.8, 4) is 5.75 Å². The first-order valence-corrected chi connectivity index (χ1v) is 7.47. The molecule has 1 aromatic rings. The molecule has 0 aliphatic heterocycles. The van der Waals surface area contributed by atoms with Crippen LogP contribution in [0.2, 0.25) is 0 Å². The van der Waals surface area contributed by atoms with E-state index in [1.165, 1.54) is 25.7 Å². The van der Waals surface area contributed by atoms with Gasteiger partial charge in [-0.05, 0) is 37.6 Å². The van der Waals surface area contributed by atoms with Gasteiger partial charge in [-0.15, -0.1) is 0 Å². The van der Waals surface area contributed by atoms with Gasteiger partial charge in [0, 0.05) is 11.7 Å². The molecule has 0 heterocycles. The van der Waals surface area contributed by atoms with Gasteiger partial charge in [0.15, 0.2) is 6.61 Å². The molecule has 1 unspecified atom stereocenters. The summed E-state index contributed by atoms with van der Waals surface area (Å²) in [6, 6.07) is 6.95. The molecule has 21 heavy (non-hydrogen) atoms. The highest BCUT2D eigenvalue weighted by molar-refractivity contribution is 5.46. The number of rotatable bonds is 9. The van der Waals surface area contributed by atoms with E-state index in [1.807, 2.05) is 0 Å². The number of unbranched alkanes of at least 4 members (excludes halogenated alkanes) is 3.